The van der Waals surface area contributed by atoms with Crippen LogP contribution in [0.15, 0.2) is 36.0 Å². The highest BCUT2D eigenvalue weighted by Crippen LogP contribution is 2.20. The van der Waals surface area contributed by atoms with E-state index in [-0.39, 0.29) is 5.91 Å². The highest BCUT2D eigenvalue weighted by molar-refractivity contribution is 7.09. The molecule has 4 rings (SSSR count). The highest BCUT2D eigenvalue weighted by Gasteiger charge is 2.24. The zero-order chi connectivity index (χ0) is 17.2. The van der Waals surface area contributed by atoms with Crippen LogP contribution in [0.1, 0.15) is 21.8 Å². The Hall–Kier alpha value is -2.25. The van der Waals surface area contributed by atoms with Crippen LogP contribution in [0.25, 0.3) is 10.9 Å². The van der Waals surface area contributed by atoms with E-state index < -0.39 is 0 Å². The molecule has 6 nitrogen and oxygen atoms in total. The molecule has 1 aromatic carbocycles. The molecular weight excluding hydrogens is 334 g/mol. The van der Waals surface area contributed by atoms with Gasteiger partial charge in [0.15, 0.2) is 5.69 Å². The van der Waals surface area contributed by atoms with Gasteiger partial charge in [0.05, 0.1) is 11.0 Å². The van der Waals surface area contributed by atoms with Gasteiger partial charge in [-0.25, -0.2) is 0 Å². The number of aromatic nitrogens is 3. The molecule has 25 heavy (non-hydrogen) atoms. The molecule has 1 amide bonds. The van der Waals surface area contributed by atoms with Crippen molar-refractivity contribution in [2.24, 2.45) is 7.05 Å². The summed E-state index contributed by atoms with van der Waals surface area (Å²) >= 11 is 1.69. The van der Waals surface area contributed by atoms with E-state index in [1.165, 1.54) is 4.88 Å². The maximum absolute atomic E-state index is 13.0. The Morgan fingerprint density at radius 2 is 2.08 bits per heavy atom. The maximum atomic E-state index is 13.0. The molecule has 0 radical (unpaired) electrons. The number of carbonyl (C=O) groups is 1. The van der Waals surface area contributed by atoms with Gasteiger partial charge < -0.3 is 4.90 Å². The van der Waals surface area contributed by atoms with Gasteiger partial charge in [0.1, 0.15) is 0 Å². The largest absolute Gasteiger partial charge is 0.336 e. The normalized spacial score (nSPS) is 16.3. The summed E-state index contributed by atoms with van der Waals surface area (Å²) in [5.74, 6) is 0.0384. The Morgan fingerprint density at radius 3 is 2.92 bits per heavy atom. The van der Waals surface area contributed by atoms with E-state index in [1.807, 2.05) is 47.9 Å². The van der Waals surface area contributed by atoms with Crippen molar-refractivity contribution in [2.75, 3.05) is 26.2 Å². The van der Waals surface area contributed by atoms with Gasteiger partial charge in [0.25, 0.3) is 5.91 Å². The van der Waals surface area contributed by atoms with Gasteiger partial charge in [-0.2, -0.15) is 5.10 Å². The molecule has 1 saturated heterocycles. The van der Waals surface area contributed by atoms with E-state index in [0.717, 1.165) is 50.0 Å². The summed E-state index contributed by atoms with van der Waals surface area (Å²) in [6, 6.07) is 7.91. The third-order valence-corrected chi connectivity index (χ3v) is 5.46. The average Bonchev–Trinajstić information content (AvgIpc) is 3.18. The molecule has 0 atom stereocenters. The van der Waals surface area contributed by atoms with E-state index in [1.54, 1.807) is 16.0 Å². The van der Waals surface area contributed by atoms with Crippen molar-refractivity contribution in [3.8, 4) is 0 Å². The van der Waals surface area contributed by atoms with Crippen molar-refractivity contribution in [2.45, 2.75) is 13.0 Å². The lowest BCUT2D eigenvalue weighted by Crippen LogP contribution is -2.35. The molecule has 0 spiro atoms. The predicted octanol–water partition coefficient (Wildman–Crippen LogP) is 2.38. The highest BCUT2D eigenvalue weighted by atomic mass is 32.1. The molecule has 3 heterocycles. The molecule has 3 aromatic rings. The molecule has 2 aromatic heterocycles. The number of benzene rings is 1. The lowest BCUT2D eigenvalue weighted by Gasteiger charge is -2.21. The first-order valence-corrected chi connectivity index (χ1v) is 9.41. The second-order valence-corrected chi connectivity index (χ2v) is 7.35. The monoisotopic (exact) mass is 355 g/mol. The number of hydrogen-bond acceptors (Lipinski definition) is 5. The quantitative estimate of drug-likeness (QED) is 0.724. The lowest BCUT2D eigenvalue weighted by molar-refractivity contribution is 0.0756. The van der Waals surface area contributed by atoms with Crippen LogP contribution in [0.3, 0.4) is 0 Å². The Labute approximate surface area is 150 Å². The van der Waals surface area contributed by atoms with Crippen LogP contribution in [-0.4, -0.2) is 56.7 Å². The van der Waals surface area contributed by atoms with E-state index in [0.29, 0.717) is 5.69 Å². The summed E-state index contributed by atoms with van der Waals surface area (Å²) in [7, 11) is 1.89. The average molecular weight is 355 g/mol. The Bertz CT molecular complexity index is 873. The molecule has 7 heteroatoms. The molecule has 0 saturated carbocycles. The van der Waals surface area contributed by atoms with Crippen molar-refractivity contribution in [1.29, 1.82) is 0 Å². The van der Waals surface area contributed by atoms with Crippen LogP contribution in [-0.2, 0) is 13.6 Å². The molecule has 1 aliphatic heterocycles. The third-order valence-electron chi connectivity index (χ3n) is 4.70. The van der Waals surface area contributed by atoms with Crippen LogP contribution in [0, 0.1) is 0 Å². The minimum Gasteiger partial charge on any atom is -0.336 e. The number of para-hydroxylation sites is 1. The summed E-state index contributed by atoms with van der Waals surface area (Å²) in [6.07, 6.45) is 2.91. The van der Waals surface area contributed by atoms with Crippen molar-refractivity contribution in [3.63, 3.8) is 0 Å². The zero-order valence-electron chi connectivity index (χ0n) is 14.3. The van der Waals surface area contributed by atoms with E-state index in [9.17, 15) is 4.79 Å². The number of hydrogen-bond donors (Lipinski definition) is 0. The fourth-order valence-corrected chi connectivity index (χ4v) is 4.03. The van der Waals surface area contributed by atoms with E-state index in [4.69, 9.17) is 0 Å². The van der Waals surface area contributed by atoms with Crippen molar-refractivity contribution < 1.29 is 4.79 Å². The van der Waals surface area contributed by atoms with Gasteiger partial charge in [-0.05, 0) is 12.5 Å². The minimum absolute atomic E-state index is 0.0384. The molecular formula is C18H21N5OS. The van der Waals surface area contributed by atoms with Crippen LogP contribution >= 0.6 is 11.3 Å². The fourth-order valence-electron chi connectivity index (χ4n) is 3.39. The van der Waals surface area contributed by atoms with Gasteiger partial charge in [-0.1, -0.05) is 18.2 Å². The van der Waals surface area contributed by atoms with Gasteiger partial charge in [-0.3, -0.25) is 19.4 Å². The number of amides is 1. The first-order chi connectivity index (χ1) is 12.2. The molecule has 0 unspecified atom stereocenters. The Balaban J connectivity index is 1.49. The van der Waals surface area contributed by atoms with Gasteiger partial charge in [0.2, 0.25) is 0 Å². The van der Waals surface area contributed by atoms with Crippen LogP contribution in [0.5, 0.6) is 0 Å². The van der Waals surface area contributed by atoms with E-state index in [2.05, 4.69) is 15.0 Å². The van der Waals surface area contributed by atoms with Crippen LogP contribution < -0.4 is 0 Å². The summed E-state index contributed by atoms with van der Waals surface area (Å²) < 4.78 is 1.79. The van der Waals surface area contributed by atoms with Crippen LogP contribution in [0.2, 0.25) is 0 Å². The number of aryl methyl sites for hydroxylation is 1. The first kappa shape index (κ1) is 16.2. The second-order valence-electron chi connectivity index (χ2n) is 6.38. The summed E-state index contributed by atoms with van der Waals surface area (Å²) in [6.45, 7) is 4.32. The Kier molecular flexibility index (Phi) is 4.50. The van der Waals surface area contributed by atoms with Crippen LogP contribution in [0.4, 0.5) is 0 Å². The van der Waals surface area contributed by atoms with Crippen molar-refractivity contribution in [1.82, 2.24) is 24.6 Å². The fraction of sp³-hybridized carbons (Fsp3) is 0.389. The standard InChI is InChI=1S/C18H21N5OS/c1-21-16-6-3-2-5-15(16)17(20-21)18(24)23-8-4-7-22(9-10-23)12-14-11-19-13-25-14/h2-3,5-6,11,13H,4,7-10,12H2,1H3. The predicted molar refractivity (Wildman–Crippen MR) is 98.6 cm³/mol. The summed E-state index contributed by atoms with van der Waals surface area (Å²) in [5, 5.41) is 5.41. The number of carbonyl (C=O) groups excluding carboxylic acids is 1. The van der Waals surface area contributed by atoms with E-state index >= 15 is 0 Å². The zero-order valence-corrected chi connectivity index (χ0v) is 15.1. The topological polar surface area (TPSA) is 54.3 Å². The van der Waals surface area contributed by atoms with Crippen molar-refractivity contribution >= 4 is 28.1 Å². The Morgan fingerprint density at radius 1 is 1.20 bits per heavy atom. The minimum atomic E-state index is 0.0384. The molecule has 0 bridgehead atoms. The molecule has 1 fully saturated rings. The molecule has 0 N–H and O–H groups in total. The molecule has 1 aliphatic rings. The number of nitrogens with zero attached hydrogens (tertiary/aromatic N) is 5. The van der Waals surface area contributed by atoms with Crippen molar-refractivity contribution in [3.05, 3.63) is 46.5 Å². The summed E-state index contributed by atoms with van der Waals surface area (Å²) in [4.78, 5) is 22.8. The summed E-state index contributed by atoms with van der Waals surface area (Å²) in [5.41, 5.74) is 3.43. The second kappa shape index (κ2) is 6.93. The van der Waals surface area contributed by atoms with Gasteiger partial charge >= 0.3 is 0 Å². The number of fused-ring (bicyclic) bond motifs is 1. The molecule has 130 valence electrons. The molecule has 0 aliphatic carbocycles. The van der Waals surface area contributed by atoms with Gasteiger partial charge in [0, 0.05) is 56.2 Å². The smallest absolute Gasteiger partial charge is 0.275 e. The first-order valence-electron chi connectivity index (χ1n) is 8.53. The van der Waals surface area contributed by atoms with Gasteiger partial charge in [-0.15, -0.1) is 11.3 Å². The SMILES string of the molecule is Cn1nc(C(=O)N2CCCN(Cc3cncs3)CC2)c2ccccc21. The third kappa shape index (κ3) is 3.29. The maximum Gasteiger partial charge on any atom is 0.275 e. The lowest BCUT2D eigenvalue weighted by atomic mass is 10.2. The number of rotatable bonds is 3. The number of thiazole rings is 1.